The van der Waals surface area contributed by atoms with Gasteiger partial charge in [0.1, 0.15) is 16.9 Å². The molecule has 7 heteroatoms. The highest BCUT2D eigenvalue weighted by Crippen LogP contribution is 2.24. The van der Waals surface area contributed by atoms with Gasteiger partial charge in [0.05, 0.1) is 0 Å². The first-order chi connectivity index (χ1) is 5.43. The fraction of sp³-hybridized carbons (Fsp3) is 0.400. The van der Waals surface area contributed by atoms with E-state index >= 15 is 0 Å². The van der Waals surface area contributed by atoms with Crippen molar-refractivity contribution >= 4 is 33.9 Å². The average Bonchev–Trinajstić information content (AvgIpc) is 1.92. The maximum Gasteiger partial charge on any atom is 0.431 e. The molecule has 1 aliphatic rings. The van der Waals surface area contributed by atoms with Crippen LogP contribution in [0, 0.1) is 0 Å². The van der Waals surface area contributed by atoms with Crippen LogP contribution in [-0.2, 0) is 4.79 Å². The largest absolute Gasteiger partial charge is 0.431 e. The second-order valence-corrected chi connectivity index (χ2v) is 2.87. The first kappa shape index (κ1) is 9.37. The lowest BCUT2D eigenvalue weighted by atomic mass is 10.2. The number of hydrogen-bond acceptors (Lipinski definition) is 2. The summed E-state index contributed by atoms with van der Waals surface area (Å²) in [6.07, 6.45) is -3.99. The van der Waals surface area contributed by atoms with Gasteiger partial charge in [-0.3, -0.25) is 4.79 Å². The van der Waals surface area contributed by atoms with Gasteiger partial charge in [0.2, 0.25) is 0 Å². The first-order valence-electron chi connectivity index (χ1n) is 2.78. The third kappa shape index (κ3) is 1.71. The molecule has 1 aliphatic heterocycles. The van der Waals surface area contributed by atoms with E-state index in [-0.39, 0.29) is 0 Å². The predicted octanol–water partition coefficient (Wildman–Crippen LogP) is 1.32. The van der Waals surface area contributed by atoms with Crippen molar-refractivity contribution in [3.63, 3.8) is 0 Å². The quantitative estimate of drug-likeness (QED) is 0.591. The van der Waals surface area contributed by atoms with Gasteiger partial charge in [-0.05, 0) is 0 Å². The van der Waals surface area contributed by atoms with Crippen LogP contribution < -0.4 is 0 Å². The summed E-state index contributed by atoms with van der Waals surface area (Å²) in [5, 5.41) is 0. The Morgan fingerprint density at radius 2 is 2.08 bits per heavy atom. The van der Waals surface area contributed by atoms with Crippen molar-refractivity contribution in [2.24, 2.45) is 9.98 Å². The third-order valence-electron chi connectivity index (χ3n) is 1.13. The summed E-state index contributed by atoms with van der Waals surface area (Å²) in [6.45, 7) is 0. The number of carbonyl (C=O) groups excluding carboxylic acids is 1. The predicted molar refractivity (Wildman–Crippen MR) is 39.7 cm³/mol. The summed E-state index contributed by atoms with van der Waals surface area (Å²) >= 11 is 2.54. The lowest BCUT2D eigenvalue weighted by Gasteiger charge is -2.14. The molecule has 0 spiro atoms. The van der Waals surface area contributed by atoms with Crippen LogP contribution in [-0.4, -0.2) is 29.0 Å². The van der Waals surface area contributed by atoms with Crippen LogP contribution in [0.15, 0.2) is 9.98 Å². The minimum atomic E-state index is -4.59. The number of hydrogen-bond donors (Lipinski definition) is 0. The zero-order valence-electron chi connectivity index (χ0n) is 5.47. The van der Waals surface area contributed by atoms with Crippen LogP contribution in [0.4, 0.5) is 13.2 Å². The molecule has 1 atom stereocenters. The molecule has 0 aromatic rings. The molecule has 0 fully saturated rings. The Kier molecular flexibility index (Phi) is 2.31. The Morgan fingerprint density at radius 1 is 1.50 bits per heavy atom. The minimum Gasteiger partial charge on any atom is -0.271 e. The lowest BCUT2D eigenvalue weighted by Crippen LogP contribution is -2.37. The van der Waals surface area contributed by atoms with Gasteiger partial charge >= 0.3 is 6.18 Å². The summed E-state index contributed by atoms with van der Waals surface area (Å²) in [5.74, 6) is -0.891. The van der Waals surface area contributed by atoms with Gasteiger partial charge in [0.25, 0.3) is 5.91 Å². The molecule has 0 bridgehead atoms. The van der Waals surface area contributed by atoms with Crippen molar-refractivity contribution < 1.29 is 18.0 Å². The second-order valence-electron chi connectivity index (χ2n) is 1.96. The van der Waals surface area contributed by atoms with Crippen LogP contribution in [0.1, 0.15) is 0 Å². The van der Waals surface area contributed by atoms with Gasteiger partial charge in [0.15, 0.2) is 0 Å². The highest BCUT2D eigenvalue weighted by molar-refractivity contribution is 9.10. The summed E-state index contributed by atoms with van der Waals surface area (Å²) in [4.78, 5) is 15.2. The molecular weight excluding hydrogens is 241 g/mol. The number of nitrogens with zero attached hydrogens (tertiary/aromatic N) is 2. The molecule has 1 heterocycles. The molecule has 1 rings (SSSR count). The normalized spacial score (nSPS) is 24.2. The molecule has 66 valence electrons. The summed E-state index contributed by atoms with van der Waals surface area (Å²) in [6, 6.07) is 0. The number of halogens is 4. The highest BCUT2D eigenvalue weighted by atomic mass is 79.9. The van der Waals surface area contributed by atoms with E-state index in [2.05, 4.69) is 25.9 Å². The van der Waals surface area contributed by atoms with Crippen LogP contribution in [0.5, 0.6) is 0 Å². The number of amides is 1. The monoisotopic (exact) mass is 242 g/mol. The van der Waals surface area contributed by atoms with Gasteiger partial charge in [-0.15, -0.1) is 0 Å². The van der Waals surface area contributed by atoms with E-state index in [1.165, 1.54) is 0 Å². The molecule has 12 heavy (non-hydrogen) atoms. The van der Waals surface area contributed by atoms with Crippen molar-refractivity contribution in [1.82, 2.24) is 0 Å². The van der Waals surface area contributed by atoms with Gasteiger partial charge in [-0.25, -0.2) is 9.98 Å². The molecule has 3 nitrogen and oxygen atoms in total. The van der Waals surface area contributed by atoms with Gasteiger partial charge in [0, 0.05) is 0 Å². The fourth-order valence-corrected chi connectivity index (χ4v) is 1.11. The smallest absolute Gasteiger partial charge is 0.271 e. The van der Waals surface area contributed by atoms with Crippen LogP contribution in [0.2, 0.25) is 0 Å². The molecule has 0 radical (unpaired) electrons. The van der Waals surface area contributed by atoms with E-state index in [1.54, 1.807) is 0 Å². The van der Waals surface area contributed by atoms with Gasteiger partial charge in [-0.1, -0.05) is 15.9 Å². The molecule has 0 saturated heterocycles. The molecule has 0 aliphatic carbocycles. The van der Waals surface area contributed by atoms with Crippen molar-refractivity contribution in [3.05, 3.63) is 0 Å². The molecule has 0 N–H and O–H groups in total. The topological polar surface area (TPSA) is 41.8 Å². The Bertz CT molecular complexity index is 270. The Balaban J connectivity index is 2.98. The third-order valence-corrected chi connectivity index (χ3v) is 1.95. The zero-order valence-corrected chi connectivity index (χ0v) is 7.06. The van der Waals surface area contributed by atoms with Crippen molar-refractivity contribution in [2.45, 2.75) is 11.0 Å². The Hall–Kier alpha value is -0.720. The van der Waals surface area contributed by atoms with E-state index in [1.807, 2.05) is 0 Å². The molecule has 0 saturated carbocycles. The van der Waals surface area contributed by atoms with E-state index in [9.17, 15) is 18.0 Å². The second kappa shape index (κ2) is 2.96. The van der Waals surface area contributed by atoms with E-state index in [0.29, 0.717) is 6.34 Å². The molecule has 0 aromatic heterocycles. The number of aliphatic imine (C=N–C) groups is 2. The molecule has 1 amide bonds. The minimum absolute atomic E-state index is 0.600. The maximum absolute atomic E-state index is 12.0. The Morgan fingerprint density at radius 3 is 2.50 bits per heavy atom. The van der Waals surface area contributed by atoms with E-state index in [0.717, 1.165) is 0 Å². The molecule has 0 aromatic carbocycles. The average molecular weight is 243 g/mol. The number of carbonyl (C=O) groups is 1. The maximum atomic E-state index is 12.0. The summed E-state index contributed by atoms with van der Waals surface area (Å²) in [7, 11) is 0. The van der Waals surface area contributed by atoms with Crippen LogP contribution in [0.25, 0.3) is 0 Å². The molecular formula is C5H2BrF3N2O. The summed E-state index contributed by atoms with van der Waals surface area (Å²) < 4.78 is 36.0. The first-order valence-corrected chi connectivity index (χ1v) is 3.70. The van der Waals surface area contributed by atoms with Crippen molar-refractivity contribution in [3.8, 4) is 0 Å². The van der Waals surface area contributed by atoms with Gasteiger partial charge < -0.3 is 0 Å². The van der Waals surface area contributed by atoms with Crippen LogP contribution >= 0.6 is 15.9 Å². The summed E-state index contributed by atoms with van der Waals surface area (Å²) in [5.41, 5.74) is -1.16. The standard InChI is InChI=1S/C5H2BrF3N2O/c6-2-3(5(7,8)9)10-1-11-4(2)12/h1-2H/t2-/m0/s1. The Labute approximate surface area is 73.5 Å². The number of rotatable bonds is 0. The van der Waals surface area contributed by atoms with E-state index < -0.39 is 22.6 Å². The fourth-order valence-electron chi connectivity index (χ4n) is 0.613. The lowest BCUT2D eigenvalue weighted by molar-refractivity contribution is -0.117. The van der Waals surface area contributed by atoms with Crippen molar-refractivity contribution in [2.75, 3.05) is 0 Å². The highest BCUT2D eigenvalue weighted by Gasteiger charge is 2.43. The molecule has 0 unspecified atom stereocenters. The number of alkyl halides is 4. The van der Waals surface area contributed by atoms with Gasteiger partial charge in [-0.2, -0.15) is 13.2 Å². The SMILES string of the molecule is O=C1N=CN=C(C(F)(F)F)[C@@H]1Br. The van der Waals surface area contributed by atoms with E-state index in [4.69, 9.17) is 0 Å². The van der Waals surface area contributed by atoms with Crippen LogP contribution in [0.3, 0.4) is 0 Å². The zero-order chi connectivity index (χ0) is 9.35. The van der Waals surface area contributed by atoms with Crippen molar-refractivity contribution in [1.29, 1.82) is 0 Å².